The smallest absolute Gasteiger partial charge is 0.309 e. The summed E-state index contributed by atoms with van der Waals surface area (Å²) in [6.45, 7) is 0. The molecule has 0 saturated heterocycles. The monoisotopic (exact) mass is 880 g/mol. The quantitative estimate of drug-likeness (QED) is 0.166. The van der Waals surface area contributed by atoms with Crippen LogP contribution in [0.15, 0.2) is 188 Å². The number of alkyl halides is 3. The normalized spacial score (nSPS) is 11.4. The van der Waals surface area contributed by atoms with Gasteiger partial charge in [-0.2, -0.15) is 34.2 Å². The molecule has 0 aliphatic heterocycles. The van der Waals surface area contributed by atoms with E-state index in [-0.39, 0.29) is 5.56 Å². The average Bonchev–Trinajstić information content (AvgIpc) is 3.90. The van der Waals surface area contributed by atoms with Crippen molar-refractivity contribution < 1.29 is 13.2 Å². The Bertz CT molecular complexity index is 4090. The fraction of sp³-hybridized carbons (Fsp3) is 0.0169. The van der Waals surface area contributed by atoms with E-state index in [1.807, 2.05) is 133 Å². The summed E-state index contributed by atoms with van der Waals surface area (Å²) in [5, 5.41) is 44.1. The molecule has 0 saturated carbocycles. The van der Waals surface area contributed by atoms with Crippen molar-refractivity contribution in [1.29, 1.82) is 21.0 Å². The van der Waals surface area contributed by atoms with E-state index >= 15 is 0 Å². The lowest BCUT2D eigenvalue weighted by Crippen LogP contribution is -2.06. The second kappa shape index (κ2) is 16.1. The first kappa shape index (κ1) is 41.1. The van der Waals surface area contributed by atoms with Crippen molar-refractivity contribution in [3.63, 3.8) is 0 Å². The molecule has 6 nitrogen and oxygen atoms in total. The molecule has 11 rings (SSSR count). The Balaban J connectivity index is 1.20. The molecule has 2 heterocycles. The summed E-state index contributed by atoms with van der Waals surface area (Å²) in [5.41, 5.74) is 11.0. The number of aromatic nitrogens is 2. The highest BCUT2D eigenvalue weighted by atomic mass is 19.4. The van der Waals surface area contributed by atoms with Crippen LogP contribution in [0, 0.1) is 45.3 Å². The van der Waals surface area contributed by atoms with Crippen molar-refractivity contribution >= 4 is 43.6 Å². The second-order valence-corrected chi connectivity index (χ2v) is 16.5. The van der Waals surface area contributed by atoms with Crippen LogP contribution >= 0.6 is 0 Å². The van der Waals surface area contributed by atoms with Gasteiger partial charge in [-0.25, -0.2) is 0 Å². The number of rotatable bonds is 6. The summed E-state index contributed by atoms with van der Waals surface area (Å²) >= 11 is 0. The predicted octanol–water partition coefficient (Wildman–Crippen LogP) is 15.1. The van der Waals surface area contributed by atoms with Gasteiger partial charge >= 0.3 is 6.18 Å². The molecule has 0 N–H and O–H groups in total. The van der Waals surface area contributed by atoms with Crippen LogP contribution in [0.4, 0.5) is 13.2 Å². The molecule has 0 unspecified atom stereocenters. The molecule has 2 aromatic heterocycles. The SMILES string of the molecule is N#Cc1cccc(-c2ccc3c(c2)c2ccccc2n3-c2ccc(-c3ccc(C(F)(F)F)cc3C#N)c(-c3cc(C#N)ccc3-n3c4ccccc4c4cc(-c5cccc(C#N)c5)ccc43)c2)c1. The van der Waals surface area contributed by atoms with Crippen molar-refractivity contribution in [2.75, 3.05) is 0 Å². The molecule has 0 amide bonds. The van der Waals surface area contributed by atoms with Gasteiger partial charge in [-0.1, -0.05) is 84.9 Å². The van der Waals surface area contributed by atoms with E-state index in [4.69, 9.17) is 0 Å². The lowest BCUT2D eigenvalue weighted by atomic mass is 9.89. The van der Waals surface area contributed by atoms with Crippen LogP contribution in [0.2, 0.25) is 0 Å². The highest BCUT2D eigenvalue weighted by Crippen LogP contribution is 2.45. The molecule has 0 spiro atoms. The number of hydrogen-bond acceptors (Lipinski definition) is 4. The van der Waals surface area contributed by atoms with Crippen LogP contribution < -0.4 is 0 Å². The first-order chi connectivity index (χ1) is 33.1. The van der Waals surface area contributed by atoms with Crippen LogP contribution in [0.3, 0.4) is 0 Å². The molecule has 0 bridgehead atoms. The second-order valence-electron chi connectivity index (χ2n) is 16.5. The number of nitrogens with zero attached hydrogens (tertiary/aromatic N) is 6. The van der Waals surface area contributed by atoms with Gasteiger partial charge in [0.25, 0.3) is 0 Å². The van der Waals surface area contributed by atoms with E-state index in [9.17, 15) is 34.2 Å². The third-order valence-electron chi connectivity index (χ3n) is 12.7. The molecular formula is C59H31F3N6. The molecular weight excluding hydrogens is 850 g/mol. The maximum atomic E-state index is 14.1. The lowest BCUT2D eigenvalue weighted by Gasteiger charge is -2.20. The number of para-hydroxylation sites is 2. The molecule has 0 radical (unpaired) electrons. The highest BCUT2D eigenvalue weighted by molar-refractivity contribution is 6.12. The number of halogens is 3. The van der Waals surface area contributed by atoms with E-state index < -0.39 is 11.7 Å². The van der Waals surface area contributed by atoms with Crippen LogP contribution in [0.25, 0.3) is 99.5 Å². The molecule has 318 valence electrons. The Kier molecular flexibility index (Phi) is 9.72. The molecule has 11 aromatic rings. The van der Waals surface area contributed by atoms with Crippen molar-refractivity contribution in [2.45, 2.75) is 6.18 Å². The molecule has 0 aliphatic carbocycles. The topological polar surface area (TPSA) is 105 Å². The van der Waals surface area contributed by atoms with Gasteiger partial charge in [0, 0.05) is 38.4 Å². The minimum Gasteiger partial charge on any atom is -0.309 e. The fourth-order valence-corrected chi connectivity index (χ4v) is 9.57. The van der Waals surface area contributed by atoms with E-state index in [2.05, 4.69) is 45.5 Å². The number of hydrogen-bond donors (Lipinski definition) is 0. The zero-order valence-corrected chi connectivity index (χ0v) is 35.7. The Labute approximate surface area is 387 Å². The first-order valence-corrected chi connectivity index (χ1v) is 21.5. The van der Waals surface area contributed by atoms with Crippen LogP contribution in [0.1, 0.15) is 27.8 Å². The van der Waals surface area contributed by atoms with Gasteiger partial charge in [0.05, 0.1) is 79.8 Å². The van der Waals surface area contributed by atoms with Gasteiger partial charge in [-0.3, -0.25) is 0 Å². The van der Waals surface area contributed by atoms with Crippen LogP contribution in [-0.2, 0) is 6.18 Å². The maximum absolute atomic E-state index is 14.1. The third kappa shape index (κ3) is 6.79. The zero-order chi connectivity index (χ0) is 46.7. The van der Waals surface area contributed by atoms with Crippen molar-refractivity contribution in [3.8, 4) is 80.2 Å². The number of fused-ring (bicyclic) bond motifs is 6. The Morgan fingerprint density at radius 1 is 0.353 bits per heavy atom. The largest absolute Gasteiger partial charge is 0.416 e. The van der Waals surface area contributed by atoms with E-state index in [0.717, 1.165) is 83.7 Å². The predicted molar refractivity (Wildman–Crippen MR) is 261 cm³/mol. The van der Waals surface area contributed by atoms with Gasteiger partial charge in [0.15, 0.2) is 0 Å². The van der Waals surface area contributed by atoms with Crippen LogP contribution in [0.5, 0.6) is 0 Å². The molecule has 0 aliphatic rings. The Hall–Kier alpha value is -9.67. The lowest BCUT2D eigenvalue weighted by molar-refractivity contribution is -0.137. The molecule has 0 atom stereocenters. The number of nitriles is 4. The standard InChI is InChI=1S/C59H31F3N6/c60-59(61,62)44-18-20-46(43(28-44)35-66)47-21-19-45(67-54-13-3-1-11-48(54)52-29-41(16-23-56(52)67)39-9-5-7-36(25-39)32-63)31-50(47)51-27-38(34-65)15-22-57(51)68-55-14-4-2-12-49(55)53-30-42(17-24-58(53)68)40-10-6-8-37(26-40)33-64/h1-31H. The van der Waals surface area contributed by atoms with Gasteiger partial charge in [0.1, 0.15) is 0 Å². The zero-order valence-electron chi connectivity index (χ0n) is 35.7. The van der Waals surface area contributed by atoms with Crippen molar-refractivity contribution in [2.24, 2.45) is 0 Å². The maximum Gasteiger partial charge on any atom is 0.416 e. The summed E-state index contributed by atoms with van der Waals surface area (Å²) in [4.78, 5) is 0. The van der Waals surface area contributed by atoms with Gasteiger partial charge in [-0.15, -0.1) is 0 Å². The third-order valence-corrected chi connectivity index (χ3v) is 12.7. The number of benzene rings is 9. The van der Waals surface area contributed by atoms with E-state index in [0.29, 0.717) is 44.6 Å². The Morgan fingerprint density at radius 2 is 0.882 bits per heavy atom. The molecule has 68 heavy (non-hydrogen) atoms. The summed E-state index contributed by atoms with van der Waals surface area (Å²) in [6.07, 6.45) is -4.67. The van der Waals surface area contributed by atoms with E-state index in [1.165, 1.54) is 6.07 Å². The molecule has 9 heteroatoms. The minimum atomic E-state index is -4.67. The summed E-state index contributed by atoms with van der Waals surface area (Å²) in [5.74, 6) is 0. The van der Waals surface area contributed by atoms with Crippen molar-refractivity contribution in [1.82, 2.24) is 9.13 Å². The van der Waals surface area contributed by atoms with Crippen molar-refractivity contribution in [3.05, 3.63) is 216 Å². The van der Waals surface area contributed by atoms with E-state index in [1.54, 1.807) is 24.3 Å². The minimum absolute atomic E-state index is 0.151. The van der Waals surface area contributed by atoms with Gasteiger partial charge in [-0.05, 0) is 137 Å². The molecule has 9 aromatic carbocycles. The van der Waals surface area contributed by atoms with Crippen LogP contribution in [-0.4, -0.2) is 9.13 Å². The highest BCUT2D eigenvalue weighted by Gasteiger charge is 2.32. The Morgan fingerprint density at radius 3 is 1.47 bits per heavy atom. The fourth-order valence-electron chi connectivity index (χ4n) is 9.57. The summed E-state index contributed by atoms with van der Waals surface area (Å²) in [6, 6.07) is 66.5. The van der Waals surface area contributed by atoms with Gasteiger partial charge in [0.2, 0.25) is 0 Å². The summed E-state index contributed by atoms with van der Waals surface area (Å²) in [7, 11) is 0. The first-order valence-electron chi connectivity index (χ1n) is 21.5. The van der Waals surface area contributed by atoms with Gasteiger partial charge < -0.3 is 9.13 Å². The average molecular weight is 881 g/mol. The molecule has 0 fully saturated rings. The summed E-state index contributed by atoms with van der Waals surface area (Å²) < 4.78 is 46.7.